The van der Waals surface area contributed by atoms with Gasteiger partial charge in [0.15, 0.2) is 0 Å². The summed E-state index contributed by atoms with van der Waals surface area (Å²) in [5.41, 5.74) is 0.470. The Bertz CT molecular complexity index is 101. The average molecular weight is 134 g/mol. The molecule has 1 aliphatic rings. The minimum Gasteiger partial charge on any atom is -0.301 e. The van der Waals surface area contributed by atoms with Crippen LogP contribution in [0, 0.1) is 0 Å². The van der Waals surface area contributed by atoms with E-state index in [1.807, 2.05) is 0 Å². The van der Waals surface area contributed by atoms with Gasteiger partial charge in [0.2, 0.25) is 0 Å². The number of rotatable bonds is 0. The van der Waals surface area contributed by atoms with Gasteiger partial charge >= 0.3 is 0 Å². The largest absolute Gasteiger partial charge is 0.301 e. The Kier molecular flexibility index (Phi) is 4.02. The van der Waals surface area contributed by atoms with Crippen molar-refractivity contribution < 1.29 is 0 Å². The van der Waals surface area contributed by atoms with Gasteiger partial charge in [-0.05, 0) is 40.3 Å². The number of nitrogens with zero attached hydrogens (tertiary/aromatic N) is 1. The van der Waals surface area contributed by atoms with E-state index in [9.17, 15) is 0 Å². The summed E-state index contributed by atoms with van der Waals surface area (Å²) in [7, 11) is 2.22. The molecule has 2 heteroatoms. The van der Waals surface area contributed by atoms with E-state index in [1.165, 1.54) is 25.8 Å². The van der Waals surface area contributed by atoms with Crippen LogP contribution in [0.2, 0.25) is 0 Å². The molecule has 0 aromatic heterocycles. The van der Waals surface area contributed by atoms with E-state index in [-0.39, 0.29) is 18.9 Å². The Hall–Kier alpha value is 0.557. The molecule has 0 spiro atoms. The molecule has 0 amide bonds. The van der Waals surface area contributed by atoms with Gasteiger partial charge in [0.05, 0.1) is 0 Å². The molecule has 1 radical (unpaired) electrons. The second-order valence-corrected chi connectivity index (χ2v) is 3.69. The van der Waals surface area contributed by atoms with Gasteiger partial charge in [-0.3, -0.25) is 0 Å². The zero-order valence-corrected chi connectivity index (χ0v) is 7.78. The number of likely N-dealkylation sites (tertiary alicyclic amines) is 1. The van der Waals surface area contributed by atoms with Crippen LogP contribution >= 0.6 is 0 Å². The molecule has 0 atom stereocenters. The normalized spacial score (nSPS) is 25.5. The minimum absolute atomic E-state index is 0. The third-order valence-corrected chi connectivity index (χ3v) is 2.57. The molecular formula is C8H17LiN. The van der Waals surface area contributed by atoms with Crippen LogP contribution in [0.4, 0.5) is 0 Å². The first-order chi connectivity index (χ1) is 4.13. The quantitative estimate of drug-likeness (QED) is 0.454. The molecule has 1 fully saturated rings. The van der Waals surface area contributed by atoms with Gasteiger partial charge in [-0.25, -0.2) is 0 Å². The minimum atomic E-state index is 0. The molecule has 1 saturated heterocycles. The van der Waals surface area contributed by atoms with Gasteiger partial charge in [0.25, 0.3) is 0 Å². The van der Waals surface area contributed by atoms with Gasteiger partial charge in [-0.2, -0.15) is 0 Å². The zero-order valence-electron chi connectivity index (χ0n) is 7.78. The molecule has 1 nitrogen and oxygen atoms in total. The van der Waals surface area contributed by atoms with Gasteiger partial charge < -0.3 is 4.90 Å². The Morgan fingerprint density at radius 2 is 1.80 bits per heavy atom. The first kappa shape index (κ1) is 10.6. The van der Waals surface area contributed by atoms with Crippen LogP contribution in [0.15, 0.2) is 0 Å². The average Bonchev–Trinajstić information content (AvgIpc) is 1.77. The van der Waals surface area contributed by atoms with Crippen molar-refractivity contribution in [1.82, 2.24) is 4.90 Å². The summed E-state index contributed by atoms with van der Waals surface area (Å²) in [6.07, 6.45) is 4.17. The molecule has 1 heterocycles. The third kappa shape index (κ3) is 2.31. The number of piperidine rings is 1. The van der Waals surface area contributed by atoms with Crippen molar-refractivity contribution in [3.8, 4) is 0 Å². The first-order valence-corrected chi connectivity index (χ1v) is 3.84. The van der Waals surface area contributed by atoms with Crippen LogP contribution in [-0.4, -0.2) is 42.9 Å². The SMILES string of the molecule is CN1CCCCC1(C)C.[Li]. The van der Waals surface area contributed by atoms with Crippen molar-refractivity contribution >= 4 is 18.9 Å². The van der Waals surface area contributed by atoms with E-state index in [4.69, 9.17) is 0 Å². The zero-order chi connectivity index (χ0) is 6.91. The molecule has 0 aliphatic carbocycles. The first-order valence-electron chi connectivity index (χ1n) is 3.84. The van der Waals surface area contributed by atoms with Crippen LogP contribution in [0.3, 0.4) is 0 Å². The summed E-state index contributed by atoms with van der Waals surface area (Å²) in [4.78, 5) is 2.45. The fourth-order valence-electron chi connectivity index (χ4n) is 1.40. The summed E-state index contributed by atoms with van der Waals surface area (Å²) in [5.74, 6) is 0. The fraction of sp³-hybridized carbons (Fsp3) is 1.00. The van der Waals surface area contributed by atoms with Crippen LogP contribution in [0.1, 0.15) is 33.1 Å². The Morgan fingerprint density at radius 1 is 1.20 bits per heavy atom. The maximum absolute atomic E-state index is 2.45. The predicted octanol–water partition coefficient (Wildman–Crippen LogP) is 1.50. The molecule has 0 saturated carbocycles. The van der Waals surface area contributed by atoms with E-state index in [2.05, 4.69) is 25.8 Å². The van der Waals surface area contributed by atoms with Crippen LogP contribution in [0.5, 0.6) is 0 Å². The maximum Gasteiger partial charge on any atom is 0.0150 e. The second kappa shape index (κ2) is 3.81. The van der Waals surface area contributed by atoms with Crippen molar-refractivity contribution in [3.05, 3.63) is 0 Å². The smallest absolute Gasteiger partial charge is 0.0150 e. The topological polar surface area (TPSA) is 3.24 Å². The van der Waals surface area contributed by atoms with Crippen LogP contribution < -0.4 is 0 Å². The fourth-order valence-corrected chi connectivity index (χ4v) is 1.40. The molecule has 55 valence electrons. The molecule has 10 heavy (non-hydrogen) atoms. The van der Waals surface area contributed by atoms with Crippen molar-refractivity contribution in [2.24, 2.45) is 0 Å². The molecule has 1 aliphatic heterocycles. The predicted molar refractivity (Wildman–Crippen MR) is 46.3 cm³/mol. The Morgan fingerprint density at radius 3 is 2.10 bits per heavy atom. The molecule has 0 aromatic rings. The van der Waals surface area contributed by atoms with Gasteiger partial charge in [-0.1, -0.05) is 6.42 Å². The molecule has 0 N–H and O–H groups in total. The Labute approximate surface area is 76.3 Å². The molecule has 0 bridgehead atoms. The van der Waals surface area contributed by atoms with Crippen molar-refractivity contribution in [2.75, 3.05) is 13.6 Å². The Balaban J connectivity index is 0.000000810. The standard InChI is InChI=1S/C8H17N.Li/c1-8(2)6-4-5-7-9(8)3;/h4-7H2,1-3H3;. The molecule has 0 unspecified atom stereocenters. The van der Waals surface area contributed by atoms with E-state index in [1.54, 1.807) is 0 Å². The van der Waals surface area contributed by atoms with E-state index in [0.29, 0.717) is 5.54 Å². The van der Waals surface area contributed by atoms with Gasteiger partial charge in [0.1, 0.15) is 0 Å². The van der Waals surface area contributed by atoms with Crippen molar-refractivity contribution in [3.63, 3.8) is 0 Å². The van der Waals surface area contributed by atoms with Crippen LogP contribution in [0.25, 0.3) is 0 Å². The van der Waals surface area contributed by atoms with Gasteiger partial charge in [-0.15, -0.1) is 0 Å². The van der Waals surface area contributed by atoms with Crippen molar-refractivity contribution in [1.29, 1.82) is 0 Å². The molecular weight excluding hydrogens is 117 g/mol. The van der Waals surface area contributed by atoms with Crippen LogP contribution in [-0.2, 0) is 0 Å². The summed E-state index contributed by atoms with van der Waals surface area (Å²) < 4.78 is 0. The summed E-state index contributed by atoms with van der Waals surface area (Å²) in [6.45, 7) is 5.94. The summed E-state index contributed by atoms with van der Waals surface area (Å²) in [5, 5.41) is 0. The number of hydrogen-bond donors (Lipinski definition) is 0. The van der Waals surface area contributed by atoms with E-state index < -0.39 is 0 Å². The molecule has 0 aromatic carbocycles. The third-order valence-electron chi connectivity index (χ3n) is 2.57. The number of hydrogen-bond acceptors (Lipinski definition) is 1. The van der Waals surface area contributed by atoms with E-state index >= 15 is 0 Å². The van der Waals surface area contributed by atoms with Crippen molar-refractivity contribution in [2.45, 2.75) is 38.6 Å². The maximum atomic E-state index is 2.45. The summed E-state index contributed by atoms with van der Waals surface area (Å²) in [6, 6.07) is 0. The van der Waals surface area contributed by atoms with Gasteiger partial charge in [0, 0.05) is 24.4 Å². The summed E-state index contributed by atoms with van der Waals surface area (Å²) >= 11 is 0. The monoisotopic (exact) mass is 134 g/mol. The molecule has 1 rings (SSSR count). The second-order valence-electron chi connectivity index (χ2n) is 3.69. The van der Waals surface area contributed by atoms with E-state index in [0.717, 1.165) is 0 Å².